The topological polar surface area (TPSA) is 0 Å². The first-order valence-corrected chi connectivity index (χ1v) is 8.07. The van der Waals surface area contributed by atoms with E-state index in [9.17, 15) is 0 Å². The van der Waals surface area contributed by atoms with Gasteiger partial charge in [0.05, 0.1) is 0 Å². The summed E-state index contributed by atoms with van der Waals surface area (Å²) in [5.41, 5.74) is 2.42. The van der Waals surface area contributed by atoms with E-state index in [0.717, 1.165) is 0 Å². The molecular weight excluding hydrogens is 288 g/mol. The summed E-state index contributed by atoms with van der Waals surface area (Å²) >= 11 is 0. The minimum Gasteiger partial charge on any atom is -0.0623 e. The van der Waals surface area contributed by atoms with E-state index in [-0.39, 0.29) is 0 Å². The summed E-state index contributed by atoms with van der Waals surface area (Å²) in [7, 11) is 0. The lowest BCUT2D eigenvalue weighted by Crippen LogP contribution is -1.66. The van der Waals surface area contributed by atoms with Crippen LogP contribution in [0, 0.1) is 0 Å². The molecule has 2 aromatic rings. The van der Waals surface area contributed by atoms with E-state index in [1.165, 1.54) is 11.1 Å². The van der Waals surface area contributed by atoms with Gasteiger partial charge in [-0.2, -0.15) is 0 Å². The Kier molecular flexibility index (Phi) is 8.22. The Balaban J connectivity index is 1.67. The molecule has 0 heteroatoms. The van der Waals surface area contributed by atoms with E-state index in [2.05, 4.69) is 36.4 Å². The first-order valence-electron chi connectivity index (χ1n) is 8.07. The maximum absolute atomic E-state index is 2.09. The van der Waals surface area contributed by atoms with Gasteiger partial charge in [-0.3, -0.25) is 0 Å². The maximum Gasteiger partial charge on any atom is -0.0257 e. The van der Waals surface area contributed by atoms with Crippen molar-refractivity contribution in [2.45, 2.75) is 0 Å². The normalized spacial score (nSPS) is 12.8. The Morgan fingerprint density at radius 1 is 0.333 bits per heavy atom. The minimum absolute atomic E-state index is 1.21. The summed E-state index contributed by atoms with van der Waals surface area (Å²) in [6, 6.07) is 20.5. The van der Waals surface area contributed by atoms with Crippen LogP contribution < -0.4 is 0 Å². The van der Waals surface area contributed by atoms with E-state index in [1.54, 1.807) is 0 Å². The second-order valence-electron chi connectivity index (χ2n) is 5.08. The molecule has 0 aliphatic rings. The zero-order valence-electron chi connectivity index (χ0n) is 13.7. The van der Waals surface area contributed by atoms with Crippen LogP contribution in [0.15, 0.2) is 121 Å². The third-order valence-corrected chi connectivity index (χ3v) is 3.18. The number of hydrogen-bond donors (Lipinski definition) is 0. The molecular formula is C24H22. The minimum atomic E-state index is 1.21. The monoisotopic (exact) mass is 310 g/mol. The number of benzene rings is 2. The highest BCUT2D eigenvalue weighted by Gasteiger charge is 1.79. The van der Waals surface area contributed by atoms with Gasteiger partial charge in [-0.1, -0.05) is 134 Å². The van der Waals surface area contributed by atoms with Crippen molar-refractivity contribution in [3.63, 3.8) is 0 Å². The Morgan fingerprint density at radius 3 is 0.958 bits per heavy atom. The molecule has 0 fully saturated rings. The van der Waals surface area contributed by atoms with Gasteiger partial charge in [-0.15, -0.1) is 0 Å². The van der Waals surface area contributed by atoms with Gasteiger partial charge in [0.15, 0.2) is 0 Å². The summed E-state index contributed by atoms with van der Waals surface area (Å²) in [6.45, 7) is 0. The third-order valence-electron chi connectivity index (χ3n) is 3.18. The van der Waals surface area contributed by atoms with Crippen molar-refractivity contribution >= 4 is 12.2 Å². The standard InChI is InChI=1S/C24H22/c1(3-5-7-11-17-23-19-13-9-14-20-23)2-4-6-8-12-18-24-21-15-10-16-22-24/h1-22H/b3-1?,4-2?,7-5+,8-6?,17-11+,18-12?. The summed E-state index contributed by atoms with van der Waals surface area (Å²) in [6.07, 6.45) is 24.4. The van der Waals surface area contributed by atoms with Crippen molar-refractivity contribution in [2.24, 2.45) is 0 Å². The number of hydrogen-bond acceptors (Lipinski definition) is 0. The molecule has 0 amide bonds. The lowest BCUT2D eigenvalue weighted by molar-refractivity contribution is 1.66. The van der Waals surface area contributed by atoms with Crippen LogP contribution in [0.5, 0.6) is 0 Å². The zero-order chi connectivity index (χ0) is 16.7. The van der Waals surface area contributed by atoms with Gasteiger partial charge in [0.1, 0.15) is 0 Å². The molecule has 2 rings (SSSR count). The molecule has 118 valence electrons. The van der Waals surface area contributed by atoms with E-state index in [1.807, 2.05) is 97.2 Å². The first kappa shape index (κ1) is 17.2. The molecule has 0 spiro atoms. The van der Waals surface area contributed by atoms with Crippen molar-refractivity contribution in [1.82, 2.24) is 0 Å². The molecule has 0 unspecified atom stereocenters. The van der Waals surface area contributed by atoms with E-state index in [4.69, 9.17) is 0 Å². The first-order chi connectivity index (χ1) is 11.9. The Bertz CT molecular complexity index is 672. The quantitative estimate of drug-likeness (QED) is 0.503. The van der Waals surface area contributed by atoms with Crippen LogP contribution in [0.4, 0.5) is 0 Å². The highest BCUT2D eigenvalue weighted by Crippen LogP contribution is 2.01. The molecule has 2 aromatic carbocycles. The summed E-state index contributed by atoms with van der Waals surface area (Å²) in [4.78, 5) is 0. The summed E-state index contributed by atoms with van der Waals surface area (Å²) in [5, 5.41) is 0. The molecule has 24 heavy (non-hydrogen) atoms. The van der Waals surface area contributed by atoms with Crippen molar-refractivity contribution in [3.05, 3.63) is 133 Å². The smallest absolute Gasteiger partial charge is 0.0257 e. The SMILES string of the molecule is C(C=CC=Cc1ccccc1)=CC=C/C=C/C=C/c1ccccc1. The lowest BCUT2D eigenvalue weighted by atomic mass is 10.2. The largest absolute Gasteiger partial charge is 0.0623 e. The average molecular weight is 310 g/mol. The molecule has 0 nitrogen and oxygen atoms in total. The van der Waals surface area contributed by atoms with Crippen LogP contribution in [-0.4, -0.2) is 0 Å². The van der Waals surface area contributed by atoms with Crippen LogP contribution in [0.1, 0.15) is 11.1 Å². The highest BCUT2D eigenvalue weighted by atomic mass is 13.9. The van der Waals surface area contributed by atoms with Crippen LogP contribution in [0.2, 0.25) is 0 Å². The Hall–Kier alpha value is -3.12. The van der Waals surface area contributed by atoms with Gasteiger partial charge in [0.2, 0.25) is 0 Å². The molecule has 0 aliphatic carbocycles. The van der Waals surface area contributed by atoms with Crippen LogP contribution in [0.3, 0.4) is 0 Å². The second kappa shape index (κ2) is 11.4. The lowest BCUT2D eigenvalue weighted by Gasteiger charge is -1.88. The van der Waals surface area contributed by atoms with Gasteiger partial charge < -0.3 is 0 Å². The van der Waals surface area contributed by atoms with Crippen LogP contribution in [-0.2, 0) is 0 Å². The number of rotatable bonds is 7. The predicted octanol–water partition coefficient (Wildman–Crippen LogP) is 6.64. The van der Waals surface area contributed by atoms with Crippen molar-refractivity contribution < 1.29 is 0 Å². The molecule has 0 bridgehead atoms. The molecule has 0 saturated carbocycles. The van der Waals surface area contributed by atoms with Gasteiger partial charge in [-0.05, 0) is 11.1 Å². The fourth-order valence-electron chi connectivity index (χ4n) is 1.97. The fraction of sp³-hybridized carbons (Fsp3) is 0. The summed E-state index contributed by atoms with van der Waals surface area (Å²) in [5.74, 6) is 0. The zero-order valence-corrected chi connectivity index (χ0v) is 13.7. The van der Waals surface area contributed by atoms with Crippen molar-refractivity contribution in [1.29, 1.82) is 0 Å². The Labute approximate surface area is 145 Å². The second-order valence-corrected chi connectivity index (χ2v) is 5.08. The number of allylic oxidation sites excluding steroid dienone is 10. The van der Waals surface area contributed by atoms with Gasteiger partial charge in [0.25, 0.3) is 0 Å². The van der Waals surface area contributed by atoms with E-state index in [0.29, 0.717) is 0 Å². The molecule has 0 aromatic heterocycles. The Morgan fingerprint density at radius 2 is 0.625 bits per heavy atom. The van der Waals surface area contributed by atoms with Gasteiger partial charge in [-0.25, -0.2) is 0 Å². The molecule has 0 heterocycles. The fourth-order valence-corrected chi connectivity index (χ4v) is 1.97. The molecule has 0 saturated heterocycles. The molecule has 0 N–H and O–H groups in total. The average Bonchev–Trinajstić information content (AvgIpc) is 2.64. The summed E-state index contributed by atoms with van der Waals surface area (Å²) < 4.78 is 0. The van der Waals surface area contributed by atoms with Crippen molar-refractivity contribution in [3.8, 4) is 0 Å². The maximum atomic E-state index is 2.09. The highest BCUT2D eigenvalue weighted by molar-refractivity contribution is 5.51. The third kappa shape index (κ3) is 7.77. The van der Waals surface area contributed by atoms with Crippen LogP contribution in [0.25, 0.3) is 12.2 Å². The molecule has 0 aliphatic heterocycles. The van der Waals surface area contributed by atoms with Crippen molar-refractivity contribution in [2.75, 3.05) is 0 Å². The molecule has 0 radical (unpaired) electrons. The van der Waals surface area contributed by atoms with Gasteiger partial charge in [0, 0.05) is 0 Å². The van der Waals surface area contributed by atoms with Gasteiger partial charge >= 0.3 is 0 Å². The van der Waals surface area contributed by atoms with E-state index < -0.39 is 0 Å². The van der Waals surface area contributed by atoms with E-state index >= 15 is 0 Å². The molecule has 0 atom stereocenters. The predicted molar refractivity (Wildman–Crippen MR) is 108 cm³/mol. The van der Waals surface area contributed by atoms with Crippen LogP contribution >= 0.6 is 0 Å².